The number of likely N-dealkylation sites (N-methyl/N-ethyl adjacent to an activating group) is 1. The van der Waals surface area contributed by atoms with Gasteiger partial charge < -0.3 is 10.6 Å². The number of hydrogen-bond acceptors (Lipinski definition) is 2. The van der Waals surface area contributed by atoms with Gasteiger partial charge in [0.1, 0.15) is 0 Å². The molecule has 1 unspecified atom stereocenters. The maximum atomic E-state index is 6.38. The molecule has 0 saturated carbocycles. The molecule has 2 N–H and O–H groups in total. The van der Waals surface area contributed by atoms with Gasteiger partial charge in [-0.2, -0.15) is 0 Å². The molecule has 0 heterocycles. The normalized spacial score (nSPS) is 12.3. The van der Waals surface area contributed by atoms with E-state index in [9.17, 15) is 0 Å². The molecule has 0 aliphatic carbocycles. The number of anilines is 1. The number of nitrogens with two attached hydrogens (primary N) is 1. The highest BCUT2D eigenvalue weighted by Gasteiger charge is 2.10. The van der Waals surface area contributed by atoms with Gasteiger partial charge in [0.25, 0.3) is 0 Å². The van der Waals surface area contributed by atoms with Gasteiger partial charge >= 0.3 is 0 Å². The van der Waals surface area contributed by atoms with Crippen LogP contribution in [-0.4, -0.2) is 13.6 Å². The van der Waals surface area contributed by atoms with Crippen molar-refractivity contribution in [2.24, 2.45) is 5.73 Å². The number of para-hydroxylation sites is 1. The fourth-order valence-corrected chi connectivity index (χ4v) is 2.63. The second-order valence-corrected chi connectivity index (χ2v) is 5.43. The van der Waals surface area contributed by atoms with Gasteiger partial charge in [0.15, 0.2) is 0 Å². The zero-order chi connectivity index (χ0) is 14.7. The predicted octanol–water partition coefficient (Wildman–Crippen LogP) is 3.98. The summed E-state index contributed by atoms with van der Waals surface area (Å²) in [5.74, 6) is 0. The molecule has 2 nitrogen and oxygen atoms in total. The molecule has 0 amide bonds. The second kappa shape index (κ2) is 5.98. The van der Waals surface area contributed by atoms with Crippen LogP contribution in [0.4, 0.5) is 5.69 Å². The SMILES string of the molecule is CN(CC(N)c1ccc2ccccc2c1)c1ccccc1. The molecule has 21 heavy (non-hydrogen) atoms. The summed E-state index contributed by atoms with van der Waals surface area (Å²) in [7, 11) is 2.08. The first-order valence-electron chi connectivity index (χ1n) is 7.24. The molecule has 0 fully saturated rings. The largest absolute Gasteiger partial charge is 0.373 e. The van der Waals surface area contributed by atoms with E-state index in [0.717, 1.165) is 6.54 Å². The first-order chi connectivity index (χ1) is 10.2. The highest BCUT2D eigenvalue weighted by atomic mass is 15.1. The van der Waals surface area contributed by atoms with Gasteiger partial charge in [0.05, 0.1) is 0 Å². The van der Waals surface area contributed by atoms with Crippen molar-refractivity contribution in [1.29, 1.82) is 0 Å². The third kappa shape index (κ3) is 3.06. The van der Waals surface area contributed by atoms with Crippen LogP contribution in [0.15, 0.2) is 72.8 Å². The van der Waals surface area contributed by atoms with Crippen LogP contribution < -0.4 is 10.6 Å². The predicted molar refractivity (Wildman–Crippen MR) is 90.6 cm³/mol. The zero-order valence-corrected chi connectivity index (χ0v) is 12.2. The average Bonchev–Trinajstić information content (AvgIpc) is 2.55. The monoisotopic (exact) mass is 276 g/mol. The Morgan fingerprint density at radius 3 is 2.29 bits per heavy atom. The van der Waals surface area contributed by atoms with Gasteiger partial charge in [-0.1, -0.05) is 54.6 Å². The van der Waals surface area contributed by atoms with Gasteiger partial charge in [-0.15, -0.1) is 0 Å². The average molecular weight is 276 g/mol. The second-order valence-electron chi connectivity index (χ2n) is 5.43. The van der Waals surface area contributed by atoms with E-state index in [4.69, 9.17) is 5.73 Å². The Kier molecular flexibility index (Phi) is 3.89. The van der Waals surface area contributed by atoms with Crippen LogP contribution in [0.25, 0.3) is 10.8 Å². The van der Waals surface area contributed by atoms with Crippen molar-refractivity contribution < 1.29 is 0 Å². The van der Waals surface area contributed by atoms with Gasteiger partial charge in [0.2, 0.25) is 0 Å². The van der Waals surface area contributed by atoms with Gasteiger partial charge in [-0.3, -0.25) is 0 Å². The fourth-order valence-electron chi connectivity index (χ4n) is 2.63. The number of rotatable bonds is 4. The van der Waals surface area contributed by atoms with Crippen LogP contribution in [0, 0.1) is 0 Å². The Balaban J connectivity index is 1.79. The summed E-state index contributed by atoms with van der Waals surface area (Å²) in [6, 6.07) is 25.2. The molecule has 1 atom stereocenters. The van der Waals surface area contributed by atoms with Crippen molar-refractivity contribution in [2.45, 2.75) is 6.04 Å². The summed E-state index contributed by atoms with van der Waals surface area (Å²) >= 11 is 0. The molecule has 3 aromatic rings. The molecule has 0 saturated heterocycles. The lowest BCUT2D eigenvalue weighted by atomic mass is 10.0. The molecule has 0 bridgehead atoms. The van der Waals surface area contributed by atoms with E-state index in [-0.39, 0.29) is 6.04 Å². The van der Waals surface area contributed by atoms with Crippen molar-refractivity contribution in [3.63, 3.8) is 0 Å². The van der Waals surface area contributed by atoms with Crippen molar-refractivity contribution in [3.8, 4) is 0 Å². The highest BCUT2D eigenvalue weighted by Crippen LogP contribution is 2.21. The quantitative estimate of drug-likeness (QED) is 0.781. The molecular weight excluding hydrogens is 256 g/mol. The number of hydrogen-bond donors (Lipinski definition) is 1. The minimum Gasteiger partial charge on any atom is -0.373 e. The molecule has 0 aromatic heterocycles. The Hall–Kier alpha value is -2.32. The van der Waals surface area contributed by atoms with Gasteiger partial charge in [0, 0.05) is 25.3 Å². The molecule has 2 heteroatoms. The molecule has 0 spiro atoms. The third-order valence-electron chi connectivity index (χ3n) is 3.87. The number of benzene rings is 3. The molecular formula is C19H20N2. The van der Waals surface area contributed by atoms with Crippen molar-refractivity contribution >= 4 is 16.5 Å². The van der Waals surface area contributed by atoms with E-state index in [2.05, 4.69) is 66.5 Å². The fraction of sp³-hybridized carbons (Fsp3) is 0.158. The molecule has 3 rings (SSSR count). The van der Waals surface area contributed by atoms with E-state index in [1.54, 1.807) is 0 Å². The summed E-state index contributed by atoms with van der Waals surface area (Å²) < 4.78 is 0. The summed E-state index contributed by atoms with van der Waals surface area (Å²) in [4.78, 5) is 2.19. The Labute approximate surface area is 125 Å². The number of nitrogens with zero attached hydrogens (tertiary/aromatic N) is 1. The minimum atomic E-state index is -0.000174. The Bertz CT molecular complexity index is 722. The molecule has 106 valence electrons. The zero-order valence-electron chi connectivity index (χ0n) is 12.2. The van der Waals surface area contributed by atoms with Crippen LogP contribution in [0.1, 0.15) is 11.6 Å². The third-order valence-corrected chi connectivity index (χ3v) is 3.87. The van der Waals surface area contributed by atoms with Gasteiger partial charge in [-0.25, -0.2) is 0 Å². The summed E-state index contributed by atoms with van der Waals surface area (Å²) in [6.45, 7) is 0.794. The lowest BCUT2D eigenvalue weighted by Crippen LogP contribution is -2.28. The standard InChI is InChI=1S/C19H20N2/c1-21(18-9-3-2-4-10-18)14-19(20)17-12-11-15-7-5-6-8-16(15)13-17/h2-13,19H,14,20H2,1H3. The van der Waals surface area contributed by atoms with Crippen LogP contribution >= 0.6 is 0 Å². The van der Waals surface area contributed by atoms with E-state index in [1.807, 2.05) is 18.2 Å². The van der Waals surface area contributed by atoms with Crippen molar-refractivity contribution in [1.82, 2.24) is 0 Å². The van der Waals surface area contributed by atoms with Crippen LogP contribution in [0.2, 0.25) is 0 Å². The molecule has 3 aromatic carbocycles. The molecule has 0 aliphatic rings. The Morgan fingerprint density at radius 2 is 1.52 bits per heavy atom. The van der Waals surface area contributed by atoms with E-state index >= 15 is 0 Å². The van der Waals surface area contributed by atoms with Crippen LogP contribution in [0.5, 0.6) is 0 Å². The lowest BCUT2D eigenvalue weighted by Gasteiger charge is -2.23. The maximum Gasteiger partial charge on any atom is 0.0473 e. The van der Waals surface area contributed by atoms with E-state index < -0.39 is 0 Å². The van der Waals surface area contributed by atoms with Crippen molar-refractivity contribution in [3.05, 3.63) is 78.4 Å². The molecule has 0 aliphatic heterocycles. The van der Waals surface area contributed by atoms with Crippen LogP contribution in [-0.2, 0) is 0 Å². The molecule has 0 radical (unpaired) electrons. The smallest absolute Gasteiger partial charge is 0.0473 e. The summed E-state index contributed by atoms with van der Waals surface area (Å²) in [6.07, 6.45) is 0. The van der Waals surface area contributed by atoms with E-state index in [1.165, 1.54) is 22.0 Å². The van der Waals surface area contributed by atoms with Gasteiger partial charge in [-0.05, 0) is 34.5 Å². The lowest BCUT2D eigenvalue weighted by molar-refractivity contribution is 0.704. The summed E-state index contributed by atoms with van der Waals surface area (Å²) in [5, 5.41) is 2.50. The maximum absolute atomic E-state index is 6.38. The van der Waals surface area contributed by atoms with E-state index in [0.29, 0.717) is 0 Å². The van der Waals surface area contributed by atoms with Crippen molar-refractivity contribution in [2.75, 3.05) is 18.5 Å². The highest BCUT2D eigenvalue weighted by molar-refractivity contribution is 5.83. The first-order valence-corrected chi connectivity index (χ1v) is 7.24. The minimum absolute atomic E-state index is 0.000174. The summed E-state index contributed by atoms with van der Waals surface area (Å²) in [5.41, 5.74) is 8.75. The first kappa shape index (κ1) is 13.7. The van der Waals surface area contributed by atoms with Crippen LogP contribution in [0.3, 0.4) is 0 Å². The topological polar surface area (TPSA) is 29.3 Å². The Morgan fingerprint density at radius 1 is 0.857 bits per heavy atom. The number of fused-ring (bicyclic) bond motifs is 1.